The highest BCUT2D eigenvalue weighted by atomic mass is 32.1. The van der Waals surface area contributed by atoms with Crippen molar-refractivity contribution in [2.45, 2.75) is 57.6 Å². The third-order valence-corrected chi connectivity index (χ3v) is 8.31. The number of piperidine rings is 1. The zero-order valence-electron chi connectivity index (χ0n) is 21.8. The van der Waals surface area contributed by atoms with Crippen LogP contribution in [0.25, 0.3) is 10.9 Å². The molecule has 1 aromatic carbocycles. The third kappa shape index (κ3) is 5.61. The summed E-state index contributed by atoms with van der Waals surface area (Å²) in [7, 11) is 1.74. The summed E-state index contributed by atoms with van der Waals surface area (Å²) in [5.41, 5.74) is 2.40. The van der Waals surface area contributed by atoms with Crippen LogP contribution in [-0.2, 0) is 0 Å². The maximum absolute atomic E-state index is 10.8. The van der Waals surface area contributed by atoms with Crippen LogP contribution < -0.4 is 14.5 Å². The van der Waals surface area contributed by atoms with Gasteiger partial charge in [-0.15, -0.1) is 11.3 Å². The molecule has 1 N–H and O–H groups in total. The second-order valence-electron chi connectivity index (χ2n) is 10.7. The van der Waals surface area contributed by atoms with E-state index < -0.39 is 5.60 Å². The number of hydrogen-bond acceptors (Lipinski definition) is 8. The number of pyridine rings is 1. The van der Waals surface area contributed by atoms with Gasteiger partial charge in [0.2, 0.25) is 0 Å². The van der Waals surface area contributed by atoms with Crippen molar-refractivity contribution in [1.82, 2.24) is 14.9 Å². The van der Waals surface area contributed by atoms with E-state index in [1.165, 1.54) is 19.3 Å². The molecule has 3 aromatic rings. The highest BCUT2D eigenvalue weighted by Crippen LogP contribution is 2.38. The zero-order valence-corrected chi connectivity index (χ0v) is 22.6. The van der Waals surface area contributed by atoms with Gasteiger partial charge in [-0.3, -0.25) is 9.88 Å². The monoisotopic (exact) mass is 509 g/mol. The number of hydrogen-bond donors (Lipinski definition) is 1. The molecule has 8 heteroatoms. The Kier molecular flexibility index (Phi) is 7.65. The van der Waals surface area contributed by atoms with Crippen molar-refractivity contribution in [3.05, 3.63) is 41.5 Å². The summed E-state index contributed by atoms with van der Waals surface area (Å²) in [5, 5.41) is 15.3. The largest absolute Gasteiger partial charge is 0.494 e. The van der Waals surface area contributed by atoms with Gasteiger partial charge in [0.1, 0.15) is 11.4 Å². The second-order valence-corrected chi connectivity index (χ2v) is 11.5. The van der Waals surface area contributed by atoms with Gasteiger partial charge in [0.15, 0.2) is 5.13 Å². The fourth-order valence-electron chi connectivity index (χ4n) is 5.61. The molecule has 0 amide bonds. The van der Waals surface area contributed by atoms with Crippen LogP contribution in [-0.4, -0.2) is 72.0 Å². The minimum Gasteiger partial charge on any atom is -0.494 e. The predicted molar refractivity (Wildman–Crippen MR) is 149 cm³/mol. The summed E-state index contributed by atoms with van der Waals surface area (Å²) in [6, 6.07) is 8.31. The number of nitrogens with zero attached hydrogens (tertiary/aromatic N) is 5. The fourth-order valence-corrected chi connectivity index (χ4v) is 6.53. The molecule has 2 aliphatic heterocycles. The first kappa shape index (κ1) is 25.2. The van der Waals surface area contributed by atoms with E-state index in [-0.39, 0.29) is 6.04 Å². The Morgan fingerprint density at radius 3 is 2.58 bits per heavy atom. The van der Waals surface area contributed by atoms with Crippen LogP contribution >= 0.6 is 11.3 Å². The standard InChI is InChI=1S/C28H39N5O2S/c1-28(2,34)19-23(22-20-36-27(30-22)33-13-5-4-6-14-33)31-15-8-16-32(18-17-31)26-24(35-3)11-10-21-9-7-12-29-25(21)26/h7,9-12,20,23,34H,4-6,8,13-19H2,1-3H3. The number of aromatic nitrogens is 2. The topological polar surface area (TPSA) is 65.0 Å². The van der Waals surface area contributed by atoms with Crippen LogP contribution in [0, 0.1) is 0 Å². The van der Waals surface area contributed by atoms with Crippen molar-refractivity contribution >= 4 is 33.1 Å². The van der Waals surface area contributed by atoms with Gasteiger partial charge in [0, 0.05) is 56.2 Å². The van der Waals surface area contributed by atoms with Gasteiger partial charge in [-0.25, -0.2) is 4.98 Å². The number of rotatable bonds is 7. The van der Waals surface area contributed by atoms with Crippen molar-refractivity contribution in [3.8, 4) is 5.75 Å². The molecular formula is C28H39N5O2S. The molecule has 5 rings (SSSR count). The summed E-state index contributed by atoms with van der Waals surface area (Å²) >= 11 is 1.75. The highest BCUT2D eigenvalue weighted by Gasteiger charge is 2.31. The van der Waals surface area contributed by atoms with Crippen molar-refractivity contribution in [3.63, 3.8) is 0 Å². The number of aliphatic hydroxyl groups is 1. The first-order valence-corrected chi connectivity index (χ1v) is 14.1. The van der Waals surface area contributed by atoms with Crippen LogP contribution in [0.1, 0.15) is 57.7 Å². The van der Waals surface area contributed by atoms with Crippen molar-refractivity contribution in [2.24, 2.45) is 0 Å². The summed E-state index contributed by atoms with van der Waals surface area (Å²) in [5.74, 6) is 0.869. The minimum absolute atomic E-state index is 0.0901. The summed E-state index contributed by atoms with van der Waals surface area (Å²) in [6.07, 6.45) is 7.36. The van der Waals surface area contributed by atoms with Gasteiger partial charge in [-0.05, 0) is 64.2 Å². The van der Waals surface area contributed by atoms with E-state index >= 15 is 0 Å². The Hall–Kier alpha value is -2.42. The molecule has 2 aliphatic rings. The maximum Gasteiger partial charge on any atom is 0.185 e. The third-order valence-electron chi connectivity index (χ3n) is 7.39. The smallest absolute Gasteiger partial charge is 0.185 e. The van der Waals surface area contributed by atoms with Gasteiger partial charge >= 0.3 is 0 Å². The molecule has 2 aromatic heterocycles. The van der Waals surface area contributed by atoms with E-state index in [0.29, 0.717) is 6.42 Å². The quantitative estimate of drug-likeness (QED) is 0.475. The Bertz CT molecular complexity index is 1150. The first-order valence-electron chi connectivity index (χ1n) is 13.3. The van der Waals surface area contributed by atoms with Crippen molar-refractivity contribution in [1.29, 1.82) is 0 Å². The number of anilines is 2. The van der Waals surface area contributed by atoms with Crippen LogP contribution in [0.15, 0.2) is 35.8 Å². The van der Waals surface area contributed by atoms with Crippen molar-refractivity contribution < 1.29 is 9.84 Å². The summed E-state index contributed by atoms with van der Waals surface area (Å²) in [6.45, 7) is 9.69. The molecule has 2 saturated heterocycles. The molecule has 4 heterocycles. The lowest BCUT2D eigenvalue weighted by Gasteiger charge is -2.34. The lowest BCUT2D eigenvalue weighted by atomic mass is 9.96. The average Bonchev–Trinajstić information content (AvgIpc) is 3.25. The van der Waals surface area contributed by atoms with E-state index in [2.05, 4.69) is 38.3 Å². The Morgan fingerprint density at radius 2 is 1.81 bits per heavy atom. The molecule has 2 fully saturated rings. The summed E-state index contributed by atoms with van der Waals surface area (Å²) in [4.78, 5) is 17.2. The molecule has 36 heavy (non-hydrogen) atoms. The van der Waals surface area contributed by atoms with Crippen molar-refractivity contribution in [2.75, 3.05) is 56.2 Å². The van der Waals surface area contributed by atoms with E-state index in [1.54, 1.807) is 18.4 Å². The molecule has 0 saturated carbocycles. The SMILES string of the molecule is COc1ccc2cccnc2c1N1CCCN(C(CC(C)(C)O)c2csc(N3CCCCC3)n2)CC1. The van der Waals surface area contributed by atoms with E-state index in [9.17, 15) is 5.11 Å². The lowest BCUT2D eigenvalue weighted by Crippen LogP contribution is -2.37. The Balaban J connectivity index is 1.39. The fraction of sp³-hybridized carbons (Fsp3) is 0.571. The van der Waals surface area contributed by atoms with E-state index in [4.69, 9.17) is 14.7 Å². The molecular weight excluding hydrogens is 470 g/mol. The van der Waals surface area contributed by atoms with Crippen LogP contribution in [0.3, 0.4) is 0 Å². The van der Waals surface area contributed by atoms with E-state index in [0.717, 1.165) is 78.9 Å². The van der Waals surface area contributed by atoms with Gasteiger partial charge in [0.05, 0.1) is 30.0 Å². The maximum atomic E-state index is 10.8. The zero-order chi connectivity index (χ0) is 25.1. The van der Waals surface area contributed by atoms with Gasteiger partial charge < -0.3 is 19.6 Å². The van der Waals surface area contributed by atoms with Crippen LogP contribution in [0.5, 0.6) is 5.75 Å². The lowest BCUT2D eigenvalue weighted by molar-refractivity contribution is 0.0330. The molecule has 0 radical (unpaired) electrons. The molecule has 0 spiro atoms. The van der Waals surface area contributed by atoms with Gasteiger partial charge in [-0.2, -0.15) is 0 Å². The average molecular weight is 510 g/mol. The number of thiazole rings is 1. The predicted octanol–water partition coefficient (Wildman–Crippen LogP) is 5.10. The van der Waals surface area contributed by atoms with Gasteiger partial charge in [0.25, 0.3) is 0 Å². The Labute approximate surface area is 218 Å². The number of fused-ring (bicyclic) bond motifs is 1. The molecule has 0 aliphatic carbocycles. The summed E-state index contributed by atoms with van der Waals surface area (Å²) < 4.78 is 5.78. The number of ether oxygens (including phenoxy) is 1. The normalized spacial score (nSPS) is 18.9. The molecule has 1 unspecified atom stereocenters. The van der Waals surface area contributed by atoms with Crippen LogP contribution in [0.4, 0.5) is 10.8 Å². The minimum atomic E-state index is -0.770. The first-order chi connectivity index (χ1) is 17.4. The molecule has 0 bridgehead atoms. The van der Waals surface area contributed by atoms with Crippen LogP contribution in [0.2, 0.25) is 0 Å². The molecule has 1 atom stereocenters. The van der Waals surface area contributed by atoms with Gasteiger partial charge in [-0.1, -0.05) is 6.07 Å². The molecule has 7 nitrogen and oxygen atoms in total. The molecule has 194 valence electrons. The number of methoxy groups -OCH3 is 1. The Morgan fingerprint density at radius 1 is 1.00 bits per heavy atom. The van der Waals surface area contributed by atoms with E-state index in [1.807, 2.05) is 26.1 Å². The second kappa shape index (κ2) is 10.9. The highest BCUT2D eigenvalue weighted by molar-refractivity contribution is 7.13. The number of benzene rings is 1.